The van der Waals surface area contributed by atoms with E-state index in [-0.39, 0.29) is 11.4 Å². The number of fused-ring (bicyclic) bond motifs is 1. The second-order valence-electron chi connectivity index (χ2n) is 8.49. The van der Waals surface area contributed by atoms with Crippen LogP contribution in [0.3, 0.4) is 0 Å². The van der Waals surface area contributed by atoms with Crippen molar-refractivity contribution < 1.29 is 9.47 Å². The summed E-state index contributed by atoms with van der Waals surface area (Å²) in [4.78, 5) is 12.2. The summed E-state index contributed by atoms with van der Waals surface area (Å²) in [5.41, 5.74) is 5.51. The molecule has 6 rings (SSSR count). The zero-order valence-corrected chi connectivity index (χ0v) is 20.2. The molecule has 0 bridgehead atoms. The Labute approximate surface area is 209 Å². The molecule has 3 heterocycles. The lowest BCUT2D eigenvalue weighted by Crippen LogP contribution is -2.28. The second kappa shape index (κ2) is 9.56. The number of para-hydroxylation sites is 2. The van der Waals surface area contributed by atoms with E-state index in [1.807, 2.05) is 31.5 Å². The molecule has 0 N–H and O–H groups in total. The maximum Gasteiger partial charge on any atom is 0.141 e. The molecule has 0 aliphatic carbocycles. The van der Waals surface area contributed by atoms with Gasteiger partial charge in [0.1, 0.15) is 24.3 Å². The Bertz CT molecular complexity index is 1290. The fourth-order valence-corrected chi connectivity index (χ4v) is 5.92. The van der Waals surface area contributed by atoms with Gasteiger partial charge in [-0.1, -0.05) is 48.5 Å². The topological polar surface area (TPSA) is 47.5 Å². The van der Waals surface area contributed by atoms with Gasteiger partial charge in [0.15, 0.2) is 0 Å². The lowest BCUT2D eigenvalue weighted by Gasteiger charge is -2.26. The second-order valence-corrected chi connectivity index (χ2v) is 9.64. The highest BCUT2D eigenvalue weighted by atomic mass is 32.2. The molecule has 5 nitrogen and oxygen atoms in total. The molecule has 2 aliphatic heterocycles. The number of aryl methyl sites for hydroxylation is 1. The summed E-state index contributed by atoms with van der Waals surface area (Å²) in [7, 11) is 0. The molecule has 0 saturated carbocycles. The third-order valence-corrected chi connectivity index (χ3v) is 7.63. The van der Waals surface area contributed by atoms with E-state index >= 15 is 0 Å². The predicted molar refractivity (Wildman–Crippen MR) is 141 cm³/mol. The van der Waals surface area contributed by atoms with Crippen molar-refractivity contribution >= 4 is 33.7 Å². The van der Waals surface area contributed by atoms with Gasteiger partial charge in [0.2, 0.25) is 0 Å². The lowest BCUT2D eigenvalue weighted by atomic mass is 10.1. The Kier molecular flexibility index (Phi) is 5.98. The molecule has 0 spiro atoms. The Hall–Kier alpha value is -3.61. The Morgan fingerprint density at radius 2 is 1.37 bits per heavy atom. The van der Waals surface area contributed by atoms with Crippen molar-refractivity contribution in [1.82, 2.24) is 9.97 Å². The van der Waals surface area contributed by atoms with Crippen LogP contribution in [0.25, 0.3) is 4.91 Å². The smallest absolute Gasteiger partial charge is 0.141 e. The molecular weight excluding hydrogens is 454 g/mol. The van der Waals surface area contributed by atoms with E-state index in [0.717, 1.165) is 44.7 Å². The van der Waals surface area contributed by atoms with Crippen LogP contribution in [-0.4, -0.2) is 29.3 Å². The first kappa shape index (κ1) is 21.9. The van der Waals surface area contributed by atoms with Gasteiger partial charge < -0.3 is 14.4 Å². The molecule has 2 unspecified atom stereocenters. The summed E-state index contributed by atoms with van der Waals surface area (Å²) < 4.78 is 12.3. The van der Waals surface area contributed by atoms with Gasteiger partial charge in [-0.3, -0.25) is 0 Å². The first-order valence-corrected chi connectivity index (χ1v) is 12.6. The van der Waals surface area contributed by atoms with Crippen molar-refractivity contribution in [2.75, 3.05) is 18.1 Å². The summed E-state index contributed by atoms with van der Waals surface area (Å²) in [6.07, 6.45) is 3.68. The lowest BCUT2D eigenvalue weighted by molar-refractivity contribution is -0.0392. The summed E-state index contributed by atoms with van der Waals surface area (Å²) in [6, 6.07) is 29.6. The number of benzene rings is 3. The van der Waals surface area contributed by atoms with Gasteiger partial charge >= 0.3 is 0 Å². The number of anilines is 3. The number of aromatic nitrogens is 2. The number of hydrogen-bond acceptors (Lipinski definition) is 6. The van der Waals surface area contributed by atoms with Crippen LogP contribution in [0.15, 0.2) is 103 Å². The number of hydrogen-bond donors (Lipinski definition) is 0. The largest absolute Gasteiger partial charge is 0.492 e. The van der Waals surface area contributed by atoms with Gasteiger partial charge in [-0.2, -0.15) is 0 Å². The van der Waals surface area contributed by atoms with Gasteiger partial charge in [0, 0.05) is 35.0 Å². The molecule has 2 aliphatic rings. The first-order chi connectivity index (χ1) is 17.3. The van der Waals surface area contributed by atoms with E-state index in [4.69, 9.17) is 9.47 Å². The number of rotatable bonds is 5. The summed E-state index contributed by atoms with van der Waals surface area (Å²) in [6.45, 7) is 3.06. The highest BCUT2D eigenvalue weighted by molar-refractivity contribution is 8.08. The van der Waals surface area contributed by atoms with Crippen LogP contribution in [0.5, 0.6) is 0 Å². The molecule has 0 radical (unpaired) electrons. The Morgan fingerprint density at radius 3 is 2.00 bits per heavy atom. The van der Waals surface area contributed by atoms with Gasteiger partial charge in [-0.05, 0) is 48.9 Å². The average molecular weight is 480 g/mol. The van der Waals surface area contributed by atoms with E-state index in [1.54, 1.807) is 11.8 Å². The molecule has 3 aromatic carbocycles. The van der Waals surface area contributed by atoms with Crippen molar-refractivity contribution in [1.29, 1.82) is 0 Å². The number of thioether (sulfide) groups is 1. The van der Waals surface area contributed by atoms with Crippen molar-refractivity contribution in [3.63, 3.8) is 0 Å². The van der Waals surface area contributed by atoms with Gasteiger partial charge in [0.25, 0.3) is 0 Å². The van der Waals surface area contributed by atoms with E-state index in [0.29, 0.717) is 13.2 Å². The summed E-state index contributed by atoms with van der Waals surface area (Å²) in [5.74, 6) is 1.69. The van der Waals surface area contributed by atoms with Gasteiger partial charge in [-0.25, -0.2) is 9.97 Å². The molecule has 1 aromatic heterocycles. The predicted octanol–water partition coefficient (Wildman–Crippen LogP) is 6.83. The fraction of sp³-hybridized carbons (Fsp3) is 0.172. The van der Waals surface area contributed by atoms with Crippen LogP contribution >= 0.6 is 11.8 Å². The van der Waals surface area contributed by atoms with Crippen LogP contribution in [0.4, 0.5) is 17.1 Å². The number of nitrogens with zero attached hydrogens (tertiary/aromatic N) is 3. The number of ether oxygens (including phenoxy) is 2. The summed E-state index contributed by atoms with van der Waals surface area (Å²) >= 11 is 1.77. The maximum atomic E-state index is 6.16. The Balaban J connectivity index is 1.34. The zero-order chi connectivity index (χ0) is 23.6. The molecule has 1 fully saturated rings. The van der Waals surface area contributed by atoms with Crippen molar-refractivity contribution in [2.45, 2.75) is 18.3 Å². The third kappa shape index (κ3) is 4.31. The van der Waals surface area contributed by atoms with Crippen LogP contribution in [0, 0.1) is 6.92 Å². The molecule has 4 aromatic rings. The quantitative estimate of drug-likeness (QED) is 0.313. The van der Waals surface area contributed by atoms with Crippen molar-refractivity contribution in [2.24, 2.45) is 0 Å². The van der Waals surface area contributed by atoms with E-state index in [1.165, 1.54) is 0 Å². The molecule has 1 saturated heterocycles. The minimum Gasteiger partial charge on any atom is -0.492 e. The standard InChI is InChI=1S/C29H25N3O2S/c1-20-30-18-22(19-31-20)29-27-26(33-16-17-34-27)28(35-29)21-12-14-25(15-13-21)32(23-8-4-2-5-9-23)24-10-6-3-7-11-24/h2-15,18-19,27,29H,16-17H2,1H3. The van der Waals surface area contributed by atoms with Crippen molar-refractivity contribution in [3.05, 3.63) is 120 Å². The van der Waals surface area contributed by atoms with Crippen LogP contribution < -0.4 is 4.90 Å². The van der Waals surface area contributed by atoms with Crippen LogP contribution in [0.1, 0.15) is 22.2 Å². The highest BCUT2D eigenvalue weighted by Crippen LogP contribution is 2.54. The molecule has 35 heavy (non-hydrogen) atoms. The molecule has 0 amide bonds. The molecule has 6 heteroatoms. The van der Waals surface area contributed by atoms with Gasteiger partial charge in [0.05, 0.1) is 16.8 Å². The molecular formula is C29H25N3O2S. The van der Waals surface area contributed by atoms with Crippen LogP contribution in [-0.2, 0) is 9.47 Å². The minimum atomic E-state index is -0.125. The zero-order valence-electron chi connectivity index (χ0n) is 19.4. The molecule has 2 atom stereocenters. The van der Waals surface area contributed by atoms with E-state index in [2.05, 4.69) is 87.7 Å². The van der Waals surface area contributed by atoms with E-state index in [9.17, 15) is 0 Å². The monoisotopic (exact) mass is 479 g/mol. The SMILES string of the molecule is Cc1ncc(C2SC(c3ccc(N(c4ccccc4)c4ccccc4)cc3)=C3OCCOC32)cn1. The maximum absolute atomic E-state index is 6.16. The summed E-state index contributed by atoms with van der Waals surface area (Å²) in [5, 5.41) is 0.0747. The normalized spacial score (nSPS) is 19.2. The first-order valence-electron chi connectivity index (χ1n) is 11.7. The third-order valence-electron chi connectivity index (χ3n) is 6.19. The highest BCUT2D eigenvalue weighted by Gasteiger charge is 2.41. The van der Waals surface area contributed by atoms with Gasteiger partial charge in [-0.15, -0.1) is 11.8 Å². The fourth-order valence-electron chi connectivity index (χ4n) is 4.52. The van der Waals surface area contributed by atoms with E-state index < -0.39 is 0 Å². The minimum absolute atomic E-state index is 0.0747. The van der Waals surface area contributed by atoms with Crippen molar-refractivity contribution in [3.8, 4) is 0 Å². The average Bonchev–Trinajstić information content (AvgIpc) is 3.31. The Morgan fingerprint density at radius 1 is 0.771 bits per heavy atom. The molecule has 174 valence electrons. The van der Waals surface area contributed by atoms with Crippen LogP contribution in [0.2, 0.25) is 0 Å².